The molecule has 0 atom stereocenters. The number of nitrogens with zero attached hydrogens (tertiary/aromatic N) is 3. The summed E-state index contributed by atoms with van der Waals surface area (Å²) in [5, 5.41) is 9.44. The first-order valence-electron chi connectivity index (χ1n) is 6.50. The van der Waals surface area contributed by atoms with Gasteiger partial charge in [-0.05, 0) is 29.7 Å². The van der Waals surface area contributed by atoms with Gasteiger partial charge in [0, 0.05) is 12.4 Å². The van der Waals surface area contributed by atoms with Crippen LogP contribution in [-0.2, 0) is 6.61 Å². The Balaban J connectivity index is 2.18. The minimum Gasteiger partial charge on any atom is -0.434 e. The van der Waals surface area contributed by atoms with Crippen LogP contribution in [0.2, 0.25) is 0 Å². The fourth-order valence-electron chi connectivity index (χ4n) is 2.02. The maximum Gasteiger partial charge on any atom is 0.230 e. The van der Waals surface area contributed by atoms with Crippen LogP contribution < -0.4 is 0 Å². The summed E-state index contributed by atoms with van der Waals surface area (Å²) < 4.78 is 5.71. The summed E-state index contributed by atoms with van der Waals surface area (Å²) >= 11 is 0. The second-order valence-electron chi connectivity index (χ2n) is 4.92. The molecule has 0 spiro atoms. The van der Waals surface area contributed by atoms with Crippen LogP contribution in [0.3, 0.4) is 0 Å². The summed E-state index contributed by atoms with van der Waals surface area (Å²) in [7, 11) is 0. The Labute approximate surface area is 116 Å². The fourth-order valence-corrected chi connectivity index (χ4v) is 2.02. The average Bonchev–Trinajstić information content (AvgIpc) is 2.90. The van der Waals surface area contributed by atoms with Crippen LogP contribution in [0.15, 0.2) is 35.0 Å². The summed E-state index contributed by atoms with van der Waals surface area (Å²) in [4.78, 5) is 12.8. The zero-order chi connectivity index (χ0) is 14.1. The average molecular weight is 269 g/mol. The van der Waals surface area contributed by atoms with E-state index >= 15 is 0 Å². The molecule has 5 heteroatoms. The Hall–Kier alpha value is -2.27. The molecule has 0 aliphatic heterocycles. The molecule has 3 aromatic rings. The molecule has 0 unspecified atom stereocenters. The minimum atomic E-state index is -0.153. The van der Waals surface area contributed by atoms with Gasteiger partial charge in [-0.25, -0.2) is 4.98 Å². The van der Waals surface area contributed by atoms with E-state index in [0.29, 0.717) is 28.7 Å². The maximum absolute atomic E-state index is 9.44. The van der Waals surface area contributed by atoms with Gasteiger partial charge in [-0.3, -0.25) is 4.98 Å². The largest absolute Gasteiger partial charge is 0.434 e. The van der Waals surface area contributed by atoms with Gasteiger partial charge in [0.1, 0.15) is 0 Å². The van der Waals surface area contributed by atoms with Gasteiger partial charge in [0.15, 0.2) is 11.2 Å². The molecular formula is C15H15N3O2. The minimum absolute atomic E-state index is 0.153. The van der Waals surface area contributed by atoms with Crippen molar-refractivity contribution in [2.45, 2.75) is 26.4 Å². The topological polar surface area (TPSA) is 72.0 Å². The third-order valence-electron chi connectivity index (χ3n) is 3.20. The molecule has 0 radical (unpaired) electrons. The number of aliphatic hydroxyl groups is 1. The SMILES string of the molecule is CC(C)c1cnc(CO)c(-c2nc3ncccc3o2)c1. The molecule has 0 amide bonds. The van der Waals surface area contributed by atoms with Crippen LogP contribution in [0, 0.1) is 0 Å². The molecular weight excluding hydrogens is 254 g/mol. The predicted octanol–water partition coefficient (Wildman–Crippen LogP) is 2.90. The zero-order valence-electron chi connectivity index (χ0n) is 11.4. The third kappa shape index (κ3) is 2.16. The Morgan fingerprint density at radius 2 is 2.15 bits per heavy atom. The van der Waals surface area contributed by atoms with Crippen molar-refractivity contribution in [3.8, 4) is 11.5 Å². The van der Waals surface area contributed by atoms with E-state index in [4.69, 9.17) is 4.42 Å². The number of oxazole rings is 1. The lowest BCUT2D eigenvalue weighted by Crippen LogP contribution is -1.98. The lowest BCUT2D eigenvalue weighted by Gasteiger charge is -2.08. The molecule has 3 rings (SSSR count). The van der Waals surface area contributed by atoms with Crippen molar-refractivity contribution < 1.29 is 9.52 Å². The number of aliphatic hydroxyl groups excluding tert-OH is 1. The van der Waals surface area contributed by atoms with Gasteiger partial charge in [0.25, 0.3) is 0 Å². The molecule has 0 saturated carbocycles. The lowest BCUT2D eigenvalue weighted by molar-refractivity contribution is 0.277. The Morgan fingerprint density at radius 3 is 2.85 bits per heavy atom. The summed E-state index contributed by atoms with van der Waals surface area (Å²) in [5.41, 5.74) is 3.53. The van der Waals surface area contributed by atoms with Crippen molar-refractivity contribution in [1.82, 2.24) is 15.0 Å². The summed E-state index contributed by atoms with van der Waals surface area (Å²) in [6, 6.07) is 5.58. The monoisotopic (exact) mass is 269 g/mol. The van der Waals surface area contributed by atoms with Gasteiger partial charge >= 0.3 is 0 Å². The summed E-state index contributed by atoms with van der Waals surface area (Å²) in [6.45, 7) is 4.03. The number of hydrogen-bond acceptors (Lipinski definition) is 5. The van der Waals surface area contributed by atoms with Crippen molar-refractivity contribution in [2.24, 2.45) is 0 Å². The van der Waals surface area contributed by atoms with E-state index in [2.05, 4.69) is 28.8 Å². The molecule has 102 valence electrons. The smallest absolute Gasteiger partial charge is 0.230 e. The highest BCUT2D eigenvalue weighted by atomic mass is 16.3. The van der Waals surface area contributed by atoms with Gasteiger partial charge in [-0.2, -0.15) is 4.98 Å². The van der Waals surface area contributed by atoms with E-state index < -0.39 is 0 Å². The number of rotatable bonds is 3. The molecule has 0 aliphatic rings. The van der Waals surface area contributed by atoms with E-state index in [1.54, 1.807) is 18.5 Å². The van der Waals surface area contributed by atoms with Gasteiger partial charge in [0.2, 0.25) is 5.89 Å². The first-order valence-corrected chi connectivity index (χ1v) is 6.50. The highest BCUT2D eigenvalue weighted by Crippen LogP contribution is 2.28. The molecule has 0 saturated heterocycles. The van der Waals surface area contributed by atoms with Gasteiger partial charge < -0.3 is 9.52 Å². The highest BCUT2D eigenvalue weighted by Gasteiger charge is 2.15. The Morgan fingerprint density at radius 1 is 1.30 bits per heavy atom. The van der Waals surface area contributed by atoms with E-state index in [1.807, 2.05) is 12.1 Å². The van der Waals surface area contributed by atoms with Crippen molar-refractivity contribution in [2.75, 3.05) is 0 Å². The molecule has 0 aliphatic carbocycles. The number of aromatic nitrogens is 3. The van der Waals surface area contributed by atoms with Gasteiger partial charge in [-0.1, -0.05) is 13.8 Å². The molecule has 0 bridgehead atoms. The number of hydrogen-bond donors (Lipinski definition) is 1. The third-order valence-corrected chi connectivity index (χ3v) is 3.20. The van der Waals surface area contributed by atoms with Crippen molar-refractivity contribution >= 4 is 11.2 Å². The standard InChI is InChI=1S/C15H15N3O2/c1-9(2)10-6-11(12(8-19)17-7-10)15-18-14-13(20-15)4-3-5-16-14/h3-7,9,19H,8H2,1-2H3. The predicted molar refractivity (Wildman–Crippen MR) is 75.0 cm³/mol. The Bertz CT molecular complexity index is 717. The van der Waals surface area contributed by atoms with E-state index in [-0.39, 0.29) is 6.61 Å². The summed E-state index contributed by atoms with van der Waals surface area (Å²) in [5.74, 6) is 0.786. The number of pyridine rings is 2. The van der Waals surface area contributed by atoms with Crippen LogP contribution in [0.1, 0.15) is 31.0 Å². The molecule has 3 heterocycles. The quantitative estimate of drug-likeness (QED) is 0.791. The van der Waals surface area contributed by atoms with Crippen LogP contribution in [0.5, 0.6) is 0 Å². The molecule has 20 heavy (non-hydrogen) atoms. The van der Waals surface area contributed by atoms with E-state index in [9.17, 15) is 5.11 Å². The first kappa shape index (κ1) is 12.7. The van der Waals surface area contributed by atoms with Gasteiger partial charge in [0.05, 0.1) is 17.9 Å². The van der Waals surface area contributed by atoms with Crippen molar-refractivity contribution in [1.29, 1.82) is 0 Å². The molecule has 0 fully saturated rings. The van der Waals surface area contributed by atoms with Crippen molar-refractivity contribution in [3.63, 3.8) is 0 Å². The zero-order valence-corrected chi connectivity index (χ0v) is 11.4. The molecule has 1 N–H and O–H groups in total. The lowest BCUT2D eigenvalue weighted by atomic mass is 10.0. The van der Waals surface area contributed by atoms with Crippen molar-refractivity contribution in [3.05, 3.63) is 41.9 Å². The van der Waals surface area contributed by atoms with Crippen LogP contribution >= 0.6 is 0 Å². The molecule has 5 nitrogen and oxygen atoms in total. The van der Waals surface area contributed by atoms with E-state index in [0.717, 1.165) is 11.1 Å². The molecule has 0 aromatic carbocycles. The second-order valence-corrected chi connectivity index (χ2v) is 4.92. The Kier molecular flexibility index (Phi) is 3.20. The maximum atomic E-state index is 9.44. The second kappa shape index (κ2) is 5.02. The number of fused-ring (bicyclic) bond motifs is 1. The fraction of sp³-hybridized carbons (Fsp3) is 0.267. The normalized spacial score (nSPS) is 11.4. The van der Waals surface area contributed by atoms with Crippen LogP contribution in [0.25, 0.3) is 22.7 Å². The first-order chi connectivity index (χ1) is 9.69. The van der Waals surface area contributed by atoms with Crippen LogP contribution in [0.4, 0.5) is 0 Å². The van der Waals surface area contributed by atoms with Gasteiger partial charge in [-0.15, -0.1) is 0 Å². The highest BCUT2D eigenvalue weighted by molar-refractivity contribution is 5.72. The molecule has 3 aromatic heterocycles. The van der Waals surface area contributed by atoms with E-state index in [1.165, 1.54) is 0 Å². The summed E-state index contributed by atoms with van der Waals surface area (Å²) in [6.07, 6.45) is 3.45. The van der Waals surface area contributed by atoms with Crippen LogP contribution in [-0.4, -0.2) is 20.1 Å².